The zero-order valence-corrected chi connectivity index (χ0v) is 11.7. The normalized spacial score (nSPS) is 36.6. The number of carbonyl (C=O) groups is 1. The summed E-state index contributed by atoms with van der Waals surface area (Å²) in [4.78, 5) is 12.7. The maximum atomic E-state index is 12.7. The van der Waals surface area contributed by atoms with Gasteiger partial charge >= 0.3 is 0 Å². The molecule has 0 aliphatic carbocycles. The summed E-state index contributed by atoms with van der Waals surface area (Å²) in [7, 11) is 0. The molecule has 4 heteroatoms. The van der Waals surface area contributed by atoms with E-state index in [-0.39, 0.29) is 16.9 Å². The molecule has 2 heterocycles. The first-order valence-electron chi connectivity index (χ1n) is 7.21. The van der Waals surface area contributed by atoms with Crippen molar-refractivity contribution >= 4 is 5.91 Å². The molecule has 0 aromatic carbocycles. The summed E-state index contributed by atoms with van der Waals surface area (Å²) in [6, 6.07) is 0. The van der Waals surface area contributed by atoms with Crippen molar-refractivity contribution in [3.8, 4) is 0 Å². The first kappa shape index (κ1) is 13.8. The third-order valence-corrected chi connectivity index (χ3v) is 4.32. The number of hydrogen-bond acceptors (Lipinski definition) is 3. The Kier molecular flexibility index (Phi) is 4.28. The van der Waals surface area contributed by atoms with Crippen LogP contribution in [0.2, 0.25) is 0 Å². The average Bonchev–Trinajstić information content (AvgIpc) is 2.77. The van der Waals surface area contributed by atoms with Gasteiger partial charge in [0.25, 0.3) is 0 Å². The van der Waals surface area contributed by atoms with Crippen molar-refractivity contribution in [2.75, 3.05) is 26.3 Å². The molecule has 2 aliphatic rings. The summed E-state index contributed by atoms with van der Waals surface area (Å²) in [5.74, 6) is 0.226. The second kappa shape index (κ2) is 5.57. The molecule has 2 unspecified atom stereocenters. The van der Waals surface area contributed by atoms with Crippen LogP contribution in [0.25, 0.3) is 0 Å². The Labute approximate surface area is 110 Å². The number of amides is 1. The fraction of sp³-hybridized carbons (Fsp3) is 0.929. The molecule has 0 saturated carbocycles. The summed E-state index contributed by atoms with van der Waals surface area (Å²) in [6.07, 6.45) is 5.07. The number of nitrogens with one attached hydrogen (secondary N) is 2. The van der Waals surface area contributed by atoms with Crippen LogP contribution in [0, 0.1) is 5.41 Å². The predicted molar refractivity (Wildman–Crippen MR) is 71.4 cm³/mol. The minimum absolute atomic E-state index is 0.157. The van der Waals surface area contributed by atoms with E-state index in [0.717, 1.165) is 51.8 Å². The molecule has 2 atom stereocenters. The lowest BCUT2D eigenvalue weighted by Gasteiger charge is -2.39. The largest absolute Gasteiger partial charge is 0.379 e. The Morgan fingerprint density at radius 2 is 2.28 bits per heavy atom. The first-order chi connectivity index (χ1) is 8.60. The number of ether oxygens (including phenoxy) is 1. The lowest BCUT2D eigenvalue weighted by Crippen LogP contribution is -2.56. The smallest absolute Gasteiger partial charge is 0.228 e. The van der Waals surface area contributed by atoms with E-state index in [4.69, 9.17) is 4.74 Å². The van der Waals surface area contributed by atoms with Gasteiger partial charge in [0, 0.05) is 13.2 Å². The molecule has 0 spiro atoms. The molecule has 2 aliphatic heterocycles. The van der Waals surface area contributed by atoms with Crippen LogP contribution in [0.1, 0.15) is 46.0 Å². The molecule has 2 saturated heterocycles. The van der Waals surface area contributed by atoms with Crippen LogP contribution in [0.4, 0.5) is 0 Å². The molecule has 104 valence electrons. The Bertz CT molecular complexity index is 287. The SMILES string of the molecule is CCCC1(C(=O)NC2(C)CCOC2)CCCNC1. The Hall–Kier alpha value is -0.610. The molecule has 0 aromatic rings. The standard InChI is InChI=1S/C14H26N2O2/c1-3-5-14(6-4-8-15-10-14)12(17)16-13(2)7-9-18-11-13/h15H,3-11H2,1-2H3,(H,16,17). The molecule has 4 nitrogen and oxygen atoms in total. The minimum atomic E-state index is -0.196. The molecule has 18 heavy (non-hydrogen) atoms. The minimum Gasteiger partial charge on any atom is -0.379 e. The number of carbonyl (C=O) groups excluding carboxylic acids is 1. The van der Waals surface area contributed by atoms with E-state index in [2.05, 4.69) is 24.5 Å². The van der Waals surface area contributed by atoms with Crippen LogP contribution in [0.15, 0.2) is 0 Å². The van der Waals surface area contributed by atoms with Gasteiger partial charge in [0.1, 0.15) is 0 Å². The highest BCUT2D eigenvalue weighted by atomic mass is 16.5. The first-order valence-corrected chi connectivity index (χ1v) is 7.21. The fourth-order valence-electron chi connectivity index (χ4n) is 3.14. The van der Waals surface area contributed by atoms with Gasteiger partial charge in [0.05, 0.1) is 17.6 Å². The van der Waals surface area contributed by atoms with E-state index in [1.807, 2.05) is 0 Å². The van der Waals surface area contributed by atoms with Crippen molar-refractivity contribution in [1.82, 2.24) is 10.6 Å². The Morgan fingerprint density at radius 3 is 2.83 bits per heavy atom. The molecular weight excluding hydrogens is 228 g/mol. The van der Waals surface area contributed by atoms with Gasteiger partial charge in [-0.05, 0) is 39.2 Å². The monoisotopic (exact) mass is 254 g/mol. The summed E-state index contributed by atoms with van der Waals surface area (Å²) < 4.78 is 5.41. The van der Waals surface area contributed by atoms with Gasteiger partial charge in [-0.25, -0.2) is 0 Å². The Morgan fingerprint density at radius 1 is 1.44 bits per heavy atom. The van der Waals surface area contributed by atoms with Gasteiger partial charge in [-0.1, -0.05) is 13.3 Å². The molecule has 2 rings (SSSR count). The van der Waals surface area contributed by atoms with Crippen molar-refractivity contribution in [2.24, 2.45) is 5.41 Å². The van der Waals surface area contributed by atoms with E-state index in [0.29, 0.717) is 6.61 Å². The highest BCUT2D eigenvalue weighted by Gasteiger charge is 2.42. The molecule has 0 bridgehead atoms. The highest BCUT2D eigenvalue weighted by Crippen LogP contribution is 2.33. The van der Waals surface area contributed by atoms with E-state index in [1.165, 1.54) is 0 Å². The van der Waals surface area contributed by atoms with Crippen LogP contribution in [0.3, 0.4) is 0 Å². The predicted octanol–water partition coefficient (Wildman–Crippen LogP) is 1.45. The van der Waals surface area contributed by atoms with Crippen molar-refractivity contribution in [2.45, 2.75) is 51.5 Å². The van der Waals surface area contributed by atoms with Gasteiger partial charge in [0.2, 0.25) is 5.91 Å². The molecule has 2 fully saturated rings. The van der Waals surface area contributed by atoms with Crippen LogP contribution < -0.4 is 10.6 Å². The summed E-state index contributed by atoms with van der Waals surface area (Å²) >= 11 is 0. The average molecular weight is 254 g/mol. The van der Waals surface area contributed by atoms with Crippen molar-refractivity contribution < 1.29 is 9.53 Å². The van der Waals surface area contributed by atoms with Gasteiger partial charge in [-0.15, -0.1) is 0 Å². The van der Waals surface area contributed by atoms with Crippen LogP contribution >= 0.6 is 0 Å². The second-order valence-corrected chi connectivity index (χ2v) is 6.13. The maximum absolute atomic E-state index is 12.7. The van der Waals surface area contributed by atoms with Crippen LogP contribution in [-0.2, 0) is 9.53 Å². The molecule has 0 radical (unpaired) electrons. The lowest BCUT2D eigenvalue weighted by molar-refractivity contribution is -0.134. The molecular formula is C14H26N2O2. The maximum Gasteiger partial charge on any atom is 0.228 e. The van der Waals surface area contributed by atoms with Crippen LogP contribution in [-0.4, -0.2) is 37.7 Å². The Balaban J connectivity index is 2.03. The number of rotatable bonds is 4. The lowest BCUT2D eigenvalue weighted by atomic mass is 9.75. The number of hydrogen-bond donors (Lipinski definition) is 2. The summed E-state index contributed by atoms with van der Waals surface area (Å²) in [6.45, 7) is 7.52. The zero-order valence-electron chi connectivity index (χ0n) is 11.7. The molecule has 1 amide bonds. The quantitative estimate of drug-likeness (QED) is 0.798. The highest BCUT2D eigenvalue weighted by molar-refractivity contribution is 5.83. The summed E-state index contributed by atoms with van der Waals surface area (Å²) in [5, 5.41) is 6.63. The van der Waals surface area contributed by atoms with Gasteiger partial charge in [-0.3, -0.25) is 4.79 Å². The molecule has 2 N–H and O–H groups in total. The van der Waals surface area contributed by atoms with E-state index in [1.54, 1.807) is 0 Å². The van der Waals surface area contributed by atoms with E-state index >= 15 is 0 Å². The summed E-state index contributed by atoms with van der Waals surface area (Å²) in [5.41, 5.74) is -0.353. The van der Waals surface area contributed by atoms with Crippen molar-refractivity contribution in [1.29, 1.82) is 0 Å². The van der Waals surface area contributed by atoms with Gasteiger partial charge in [0.15, 0.2) is 0 Å². The van der Waals surface area contributed by atoms with Crippen LogP contribution in [0.5, 0.6) is 0 Å². The van der Waals surface area contributed by atoms with E-state index < -0.39 is 0 Å². The van der Waals surface area contributed by atoms with Gasteiger partial charge in [-0.2, -0.15) is 0 Å². The van der Waals surface area contributed by atoms with E-state index in [9.17, 15) is 4.79 Å². The fourth-order valence-corrected chi connectivity index (χ4v) is 3.14. The third-order valence-electron chi connectivity index (χ3n) is 4.32. The van der Waals surface area contributed by atoms with Gasteiger partial charge < -0.3 is 15.4 Å². The van der Waals surface area contributed by atoms with Crippen molar-refractivity contribution in [3.05, 3.63) is 0 Å². The zero-order chi connectivity index (χ0) is 13.1. The third kappa shape index (κ3) is 2.86. The number of piperidine rings is 1. The molecule has 0 aromatic heterocycles. The topological polar surface area (TPSA) is 50.4 Å². The van der Waals surface area contributed by atoms with Crippen molar-refractivity contribution in [3.63, 3.8) is 0 Å². The second-order valence-electron chi connectivity index (χ2n) is 6.13.